The molecule has 5 nitrogen and oxygen atoms in total. The zero-order valence-electron chi connectivity index (χ0n) is 8.69. The summed E-state index contributed by atoms with van der Waals surface area (Å²) in [6.07, 6.45) is 0. The van der Waals surface area contributed by atoms with Crippen LogP contribution < -0.4 is 5.73 Å². The van der Waals surface area contributed by atoms with E-state index < -0.39 is 0 Å². The fraction of sp³-hybridized carbons (Fsp3) is 0.300. The minimum Gasteiger partial charge on any atom is -0.334 e. The number of rotatable bonds is 2. The lowest BCUT2D eigenvalue weighted by molar-refractivity contribution is 0.422. The van der Waals surface area contributed by atoms with E-state index in [2.05, 4.69) is 15.1 Å². The first-order valence-corrected chi connectivity index (χ1v) is 4.68. The third kappa shape index (κ3) is 1.87. The first-order chi connectivity index (χ1) is 7.20. The summed E-state index contributed by atoms with van der Waals surface area (Å²) in [6, 6.07) is 3.83. The van der Waals surface area contributed by atoms with Gasteiger partial charge in [-0.2, -0.15) is 4.98 Å². The highest BCUT2D eigenvalue weighted by atomic mass is 16.5. The minimum atomic E-state index is 0.280. The van der Waals surface area contributed by atoms with E-state index in [1.165, 1.54) is 0 Å². The highest BCUT2D eigenvalue weighted by molar-refractivity contribution is 5.55. The fourth-order valence-corrected chi connectivity index (χ4v) is 1.36. The van der Waals surface area contributed by atoms with Crippen LogP contribution >= 0.6 is 0 Å². The Morgan fingerprint density at radius 2 is 2.07 bits per heavy atom. The van der Waals surface area contributed by atoms with Gasteiger partial charge in [-0.25, -0.2) is 0 Å². The first kappa shape index (κ1) is 9.79. The molecular formula is C10H12N4O. The van der Waals surface area contributed by atoms with E-state index in [0.29, 0.717) is 11.7 Å². The van der Waals surface area contributed by atoms with Crippen LogP contribution in [0.1, 0.15) is 17.2 Å². The zero-order chi connectivity index (χ0) is 10.8. The summed E-state index contributed by atoms with van der Waals surface area (Å²) in [5, 5.41) is 3.74. The predicted molar refractivity (Wildman–Crippen MR) is 54.9 cm³/mol. The van der Waals surface area contributed by atoms with Crippen molar-refractivity contribution in [2.75, 3.05) is 0 Å². The van der Waals surface area contributed by atoms with Crippen LogP contribution in [0.5, 0.6) is 0 Å². The second-order valence-corrected chi connectivity index (χ2v) is 3.31. The summed E-state index contributed by atoms with van der Waals surface area (Å²) in [5.41, 5.74) is 8.10. The Morgan fingerprint density at radius 3 is 2.67 bits per heavy atom. The second kappa shape index (κ2) is 3.78. The molecule has 2 aromatic heterocycles. The van der Waals surface area contributed by atoms with Crippen LogP contribution in [-0.4, -0.2) is 15.1 Å². The number of hydrogen-bond donors (Lipinski definition) is 1. The van der Waals surface area contributed by atoms with Crippen molar-refractivity contribution >= 4 is 0 Å². The lowest BCUT2D eigenvalue weighted by Crippen LogP contribution is -1.98. The SMILES string of the molecule is Cc1ccc(-c2nc(CN)no2)c(C)n1. The molecule has 0 atom stereocenters. The molecule has 0 fully saturated rings. The van der Waals surface area contributed by atoms with Gasteiger partial charge in [-0.1, -0.05) is 5.16 Å². The monoisotopic (exact) mass is 204 g/mol. The summed E-state index contributed by atoms with van der Waals surface area (Å²) >= 11 is 0. The highest BCUT2D eigenvalue weighted by Gasteiger charge is 2.10. The number of aryl methyl sites for hydroxylation is 2. The maximum absolute atomic E-state index is 5.40. The lowest BCUT2D eigenvalue weighted by Gasteiger charge is -2.00. The molecule has 0 bridgehead atoms. The Labute approximate surface area is 87.3 Å². The number of aromatic nitrogens is 3. The summed E-state index contributed by atoms with van der Waals surface area (Å²) < 4.78 is 5.08. The van der Waals surface area contributed by atoms with Crippen molar-refractivity contribution in [2.45, 2.75) is 20.4 Å². The number of nitrogens with two attached hydrogens (primary N) is 1. The number of pyridine rings is 1. The van der Waals surface area contributed by atoms with E-state index in [9.17, 15) is 0 Å². The Bertz CT molecular complexity index is 478. The zero-order valence-corrected chi connectivity index (χ0v) is 8.69. The molecule has 0 spiro atoms. The maximum Gasteiger partial charge on any atom is 0.259 e. The summed E-state index contributed by atoms with van der Waals surface area (Å²) in [7, 11) is 0. The Kier molecular flexibility index (Phi) is 2.47. The van der Waals surface area contributed by atoms with Crippen LogP contribution in [-0.2, 0) is 6.54 Å². The smallest absolute Gasteiger partial charge is 0.259 e. The molecule has 15 heavy (non-hydrogen) atoms. The molecule has 2 heterocycles. The average Bonchev–Trinajstić information content (AvgIpc) is 2.66. The molecule has 0 amide bonds. The van der Waals surface area contributed by atoms with Crippen molar-refractivity contribution in [3.8, 4) is 11.5 Å². The van der Waals surface area contributed by atoms with E-state index in [4.69, 9.17) is 10.3 Å². The van der Waals surface area contributed by atoms with Crippen molar-refractivity contribution in [1.82, 2.24) is 15.1 Å². The molecule has 0 aromatic carbocycles. The van der Waals surface area contributed by atoms with Gasteiger partial charge in [0.05, 0.1) is 17.8 Å². The predicted octanol–water partition coefficient (Wildman–Crippen LogP) is 1.21. The molecule has 2 rings (SSSR count). The van der Waals surface area contributed by atoms with Crippen molar-refractivity contribution in [3.63, 3.8) is 0 Å². The maximum atomic E-state index is 5.40. The number of nitrogens with zero attached hydrogens (tertiary/aromatic N) is 3. The van der Waals surface area contributed by atoms with Crippen molar-refractivity contribution in [3.05, 3.63) is 29.3 Å². The van der Waals surface area contributed by atoms with Gasteiger partial charge in [0.1, 0.15) is 0 Å². The van der Waals surface area contributed by atoms with Crippen molar-refractivity contribution in [1.29, 1.82) is 0 Å². The third-order valence-corrected chi connectivity index (χ3v) is 2.11. The molecule has 2 aromatic rings. The standard InChI is InChI=1S/C10H12N4O/c1-6-3-4-8(7(2)12-6)10-13-9(5-11)14-15-10/h3-4H,5,11H2,1-2H3. The van der Waals surface area contributed by atoms with E-state index >= 15 is 0 Å². The summed E-state index contributed by atoms with van der Waals surface area (Å²) in [5.74, 6) is 0.977. The molecule has 0 radical (unpaired) electrons. The normalized spacial score (nSPS) is 10.6. The lowest BCUT2D eigenvalue weighted by atomic mass is 10.2. The molecule has 0 unspecified atom stereocenters. The van der Waals surface area contributed by atoms with Crippen LogP contribution in [0.15, 0.2) is 16.7 Å². The van der Waals surface area contributed by atoms with Gasteiger partial charge >= 0.3 is 0 Å². The van der Waals surface area contributed by atoms with E-state index in [1.54, 1.807) is 0 Å². The summed E-state index contributed by atoms with van der Waals surface area (Å²) in [6.45, 7) is 4.13. The Morgan fingerprint density at radius 1 is 1.27 bits per heavy atom. The van der Waals surface area contributed by atoms with Gasteiger partial charge in [0.2, 0.25) is 0 Å². The minimum absolute atomic E-state index is 0.280. The quantitative estimate of drug-likeness (QED) is 0.795. The molecule has 2 N–H and O–H groups in total. The van der Waals surface area contributed by atoms with Crippen LogP contribution in [0.25, 0.3) is 11.5 Å². The fourth-order valence-electron chi connectivity index (χ4n) is 1.36. The molecule has 5 heteroatoms. The topological polar surface area (TPSA) is 77.8 Å². The Hall–Kier alpha value is -1.75. The summed E-state index contributed by atoms with van der Waals surface area (Å²) in [4.78, 5) is 8.47. The van der Waals surface area contributed by atoms with Gasteiger partial charge in [-0.15, -0.1) is 0 Å². The van der Waals surface area contributed by atoms with Gasteiger partial charge < -0.3 is 10.3 Å². The van der Waals surface area contributed by atoms with Gasteiger partial charge in [0.15, 0.2) is 5.82 Å². The van der Waals surface area contributed by atoms with E-state index in [-0.39, 0.29) is 6.54 Å². The molecule has 0 saturated heterocycles. The van der Waals surface area contributed by atoms with Gasteiger partial charge in [-0.05, 0) is 26.0 Å². The van der Waals surface area contributed by atoms with Crippen LogP contribution in [0.3, 0.4) is 0 Å². The first-order valence-electron chi connectivity index (χ1n) is 4.68. The molecule has 0 saturated carbocycles. The largest absolute Gasteiger partial charge is 0.334 e. The van der Waals surface area contributed by atoms with Gasteiger partial charge in [0.25, 0.3) is 5.89 Å². The van der Waals surface area contributed by atoms with Crippen LogP contribution in [0.2, 0.25) is 0 Å². The van der Waals surface area contributed by atoms with E-state index in [0.717, 1.165) is 17.0 Å². The molecule has 0 aliphatic rings. The van der Waals surface area contributed by atoms with Crippen molar-refractivity contribution < 1.29 is 4.52 Å². The second-order valence-electron chi connectivity index (χ2n) is 3.31. The van der Waals surface area contributed by atoms with Crippen LogP contribution in [0.4, 0.5) is 0 Å². The van der Waals surface area contributed by atoms with E-state index in [1.807, 2.05) is 26.0 Å². The molecule has 78 valence electrons. The molecular weight excluding hydrogens is 192 g/mol. The molecule has 0 aliphatic heterocycles. The third-order valence-electron chi connectivity index (χ3n) is 2.11. The van der Waals surface area contributed by atoms with Crippen molar-refractivity contribution in [2.24, 2.45) is 5.73 Å². The average molecular weight is 204 g/mol. The number of hydrogen-bond acceptors (Lipinski definition) is 5. The van der Waals surface area contributed by atoms with Crippen LogP contribution in [0, 0.1) is 13.8 Å². The highest BCUT2D eigenvalue weighted by Crippen LogP contribution is 2.20. The van der Waals surface area contributed by atoms with Gasteiger partial charge in [-0.3, -0.25) is 4.98 Å². The molecule has 0 aliphatic carbocycles. The Balaban J connectivity index is 2.44. The van der Waals surface area contributed by atoms with Gasteiger partial charge in [0, 0.05) is 5.69 Å².